The van der Waals surface area contributed by atoms with Gasteiger partial charge >= 0.3 is 6.03 Å². The van der Waals surface area contributed by atoms with E-state index < -0.39 is 0 Å². The average molecular weight is 334 g/mol. The third kappa shape index (κ3) is 3.22. The van der Waals surface area contributed by atoms with Crippen molar-refractivity contribution in [2.75, 3.05) is 11.9 Å². The second-order valence-corrected chi connectivity index (χ2v) is 6.68. The number of nitrogens with zero attached hydrogens (tertiary/aromatic N) is 2. The summed E-state index contributed by atoms with van der Waals surface area (Å²) in [6.45, 7) is 0.661. The average Bonchev–Trinajstić information content (AvgIpc) is 3.00. The van der Waals surface area contributed by atoms with Gasteiger partial charge in [-0.1, -0.05) is 24.3 Å². The molecule has 0 fully saturated rings. The van der Waals surface area contributed by atoms with E-state index in [9.17, 15) is 4.79 Å². The Balaban J connectivity index is 1.39. The number of aryl methyl sites for hydroxylation is 2. The topological polar surface area (TPSA) is 59.0 Å². The molecule has 0 saturated heterocycles. The van der Waals surface area contributed by atoms with Crippen molar-refractivity contribution in [2.24, 2.45) is 7.05 Å². The summed E-state index contributed by atoms with van der Waals surface area (Å²) >= 11 is 0. The van der Waals surface area contributed by atoms with Gasteiger partial charge in [0.2, 0.25) is 0 Å². The number of imidazole rings is 1. The smallest absolute Gasteiger partial charge is 0.319 e. The van der Waals surface area contributed by atoms with E-state index in [1.807, 2.05) is 29.8 Å². The summed E-state index contributed by atoms with van der Waals surface area (Å²) in [5, 5.41) is 5.93. The third-order valence-electron chi connectivity index (χ3n) is 4.99. The Hall–Kier alpha value is -2.82. The molecule has 1 heterocycles. The molecule has 2 amide bonds. The van der Waals surface area contributed by atoms with Crippen LogP contribution in [0.25, 0.3) is 11.0 Å². The van der Waals surface area contributed by atoms with Crippen LogP contribution in [0.3, 0.4) is 0 Å². The normalized spacial score (nSPS) is 16.4. The molecule has 25 heavy (non-hydrogen) atoms. The van der Waals surface area contributed by atoms with Gasteiger partial charge in [-0.05, 0) is 48.6 Å². The summed E-state index contributed by atoms with van der Waals surface area (Å²) in [5.74, 6) is 0.397. The number of carbonyl (C=O) groups is 1. The zero-order valence-electron chi connectivity index (χ0n) is 14.3. The van der Waals surface area contributed by atoms with E-state index in [-0.39, 0.29) is 6.03 Å². The van der Waals surface area contributed by atoms with E-state index >= 15 is 0 Å². The largest absolute Gasteiger partial charge is 0.337 e. The molecular weight excluding hydrogens is 312 g/mol. The van der Waals surface area contributed by atoms with Gasteiger partial charge in [0, 0.05) is 25.2 Å². The van der Waals surface area contributed by atoms with Gasteiger partial charge < -0.3 is 15.2 Å². The molecular formula is C20H22N4O. The van der Waals surface area contributed by atoms with E-state index in [1.165, 1.54) is 17.5 Å². The number of carbonyl (C=O) groups excluding carboxylic acids is 1. The van der Waals surface area contributed by atoms with E-state index in [0.29, 0.717) is 12.5 Å². The fourth-order valence-electron chi connectivity index (χ4n) is 3.67. The number of anilines is 1. The molecule has 1 atom stereocenters. The first-order chi connectivity index (χ1) is 12.2. The van der Waals surface area contributed by atoms with Crippen LogP contribution in [0.5, 0.6) is 0 Å². The van der Waals surface area contributed by atoms with Gasteiger partial charge in [0.25, 0.3) is 0 Å². The summed E-state index contributed by atoms with van der Waals surface area (Å²) < 4.78 is 1.96. The molecule has 0 aliphatic heterocycles. The highest BCUT2D eigenvalue weighted by Gasteiger charge is 2.20. The lowest BCUT2D eigenvalue weighted by molar-refractivity contribution is 0.251. The zero-order chi connectivity index (χ0) is 17.2. The lowest BCUT2D eigenvalue weighted by Crippen LogP contribution is -2.33. The summed E-state index contributed by atoms with van der Waals surface area (Å²) in [6, 6.07) is 14.2. The first kappa shape index (κ1) is 15.7. The summed E-state index contributed by atoms with van der Waals surface area (Å²) in [5.41, 5.74) is 5.48. The molecule has 1 aliphatic carbocycles. The van der Waals surface area contributed by atoms with Crippen LogP contribution in [0.15, 0.2) is 48.8 Å². The van der Waals surface area contributed by atoms with Crippen molar-refractivity contribution in [1.82, 2.24) is 14.9 Å². The molecule has 5 nitrogen and oxygen atoms in total. The van der Waals surface area contributed by atoms with Crippen molar-refractivity contribution in [3.8, 4) is 0 Å². The molecule has 4 rings (SSSR count). The van der Waals surface area contributed by atoms with Crippen molar-refractivity contribution in [3.05, 3.63) is 59.9 Å². The molecule has 5 heteroatoms. The quantitative estimate of drug-likeness (QED) is 0.765. The second kappa shape index (κ2) is 6.59. The lowest BCUT2D eigenvalue weighted by Gasteiger charge is -2.25. The first-order valence-electron chi connectivity index (χ1n) is 8.74. The number of aromatic nitrogens is 2. The van der Waals surface area contributed by atoms with Crippen molar-refractivity contribution in [3.63, 3.8) is 0 Å². The minimum absolute atomic E-state index is 0.168. The molecule has 0 unspecified atom stereocenters. The van der Waals surface area contributed by atoms with Gasteiger partial charge in [0.1, 0.15) is 0 Å². The standard InChI is InChI=1S/C20H22N4O/c1-24-13-22-18-11-16(9-10-19(18)24)23-20(25)21-12-15-7-4-6-14-5-2-3-8-17(14)15/h2-3,5,8-11,13,15H,4,6-7,12H2,1H3,(H2,21,23,25)/t15-/m1/s1. The number of rotatable bonds is 3. The van der Waals surface area contributed by atoms with Crippen LogP contribution < -0.4 is 10.6 Å². The number of hydrogen-bond donors (Lipinski definition) is 2. The highest BCUT2D eigenvalue weighted by atomic mass is 16.2. The number of urea groups is 1. The molecule has 1 aromatic heterocycles. The van der Waals surface area contributed by atoms with Crippen molar-refractivity contribution >= 4 is 22.8 Å². The van der Waals surface area contributed by atoms with Gasteiger partial charge in [-0.25, -0.2) is 9.78 Å². The predicted molar refractivity (Wildman–Crippen MR) is 99.9 cm³/mol. The third-order valence-corrected chi connectivity index (χ3v) is 4.99. The molecule has 0 spiro atoms. The van der Waals surface area contributed by atoms with Crippen LogP contribution >= 0.6 is 0 Å². The highest BCUT2D eigenvalue weighted by Crippen LogP contribution is 2.30. The minimum atomic E-state index is -0.168. The summed E-state index contributed by atoms with van der Waals surface area (Å²) in [6.07, 6.45) is 5.22. The highest BCUT2D eigenvalue weighted by molar-refractivity contribution is 5.91. The van der Waals surface area contributed by atoms with Crippen molar-refractivity contribution < 1.29 is 4.79 Å². The molecule has 1 aliphatic rings. The van der Waals surface area contributed by atoms with Gasteiger partial charge in [-0.3, -0.25) is 0 Å². The maximum Gasteiger partial charge on any atom is 0.319 e. The summed E-state index contributed by atoms with van der Waals surface area (Å²) in [7, 11) is 1.96. The van der Waals surface area contributed by atoms with E-state index in [1.54, 1.807) is 6.33 Å². The van der Waals surface area contributed by atoms with Crippen LogP contribution in [0.4, 0.5) is 10.5 Å². The van der Waals surface area contributed by atoms with Crippen LogP contribution in [0.2, 0.25) is 0 Å². The Labute approximate surface area is 147 Å². The van der Waals surface area contributed by atoms with E-state index in [2.05, 4.69) is 39.9 Å². The summed E-state index contributed by atoms with van der Waals surface area (Å²) in [4.78, 5) is 16.6. The Bertz CT molecular complexity index is 915. The minimum Gasteiger partial charge on any atom is -0.337 e. The van der Waals surface area contributed by atoms with Gasteiger partial charge in [-0.15, -0.1) is 0 Å². The van der Waals surface area contributed by atoms with Crippen molar-refractivity contribution in [2.45, 2.75) is 25.2 Å². The molecule has 0 saturated carbocycles. The molecule has 128 valence electrons. The Morgan fingerprint density at radius 1 is 1.28 bits per heavy atom. The fraction of sp³-hybridized carbons (Fsp3) is 0.300. The maximum atomic E-state index is 12.3. The van der Waals surface area contributed by atoms with Gasteiger partial charge in [0.15, 0.2) is 0 Å². The Morgan fingerprint density at radius 3 is 3.08 bits per heavy atom. The van der Waals surface area contributed by atoms with Crippen molar-refractivity contribution in [1.29, 1.82) is 0 Å². The van der Waals surface area contributed by atoms with E-state index in [0.717, 1.165) is 29.6 Å². The number of hydrogen-bond acceptors (Lipinski definition) is 2. The Kier molecular flexibility index (Phi) is 4.14. The molecule has 0 bridgehead atoms. The number of benzene rings is 2. The van der Waals surface area contributed by atoms with Crippen LogP contribution in [0.1, 0.15) is 29.9 Å². The number of fused-ring (bicyclic) bond motifs is 2. The van der Waals surface area contributed by atoms with E-state index in [4.69, 9.17) is 0 Å². The Morgan fingerprint density at radius 2 is 2.16 bits per heavy atom. The first-order valence-corrected chi connectivity index (χ1v) is 8.74. The SMILES string of the molecule is Cn1cnc2cc(NC(=O)NC[C@H]3CCCc4ccccc43)ccc21. The number of nitrogens with one attached hydrogen (secondary N) is 2. The molecule has 2 N–H and O–H groups in total. The van der Waals surface area contributed by atoms with Gasteiger partial charge in [-0.2, -0.15) is 0 Å². The predicted octanol–water partition coefficient (Wildman–Crippen LogP) is 3.81. The molecule has 2 aromatic carbocycles. The zero-order valence-corrected chi connectivity index (χ0v) is 14.3. The maximum absolute atomic E-state index is 12.3. The van der Waals surface area contributed by atoms with Crippen LogP contribution in [0, 0.1) is 0 Å². The lowest BCUT2D eigenvalue weighted by atomic mass is 9.83. The number of amides is 2. The monoisotopic (exact) mass is 334 g/mol. The van der Waals surface area contributed by atoms with Gasteiger partial charge in [0.05, 0.1) is 17.4 Å². The molecule has 0 radical (unpaired) electrons. The fourth-order valence-corrected chi connectivity index (χ4v) is 3.67. The molecule has 3 aromatic rings. The van der Waals surface area contributed by atoms with Crippen LogP contribution in [-0.4, -0.2) is 22.1 Å². The second-order valence-electron chi connectivity index (χ2n) is 6.68. The van der Waals surface area contributed by atoms with Crippen LogP contribution in [-0.2, 0) is 13.5 Å².